The maximum absolute atomic E-state index is 12.5. The van der Waals surface area contributed by atoms with Crippen LogP contribution in [0.2, 0.25) is 0 Å². The maximum atomic E-state index is 12.5. The van der Waals surface area contributed by atoms with Gasteiger partial charge in [0.25, 0.3) is 5.91 Å². The number of piperidine rings is 1. The summed E-state index contributed by atoms with van der Waals surface area (Å²) in [5.41, 5.74) is 0.596. The summed E-state index contributed by atoms with van der Waals surface area (Å²) in [7, 11) is 0. The SMILES string of the molecule is O=C(c1cc(Br)c[nH]1)N1CCCC[C@@H]1c1ncn[nH]1. The Bertz CT molecular complexity index is 564. The zero-order chi connectivity index (χ0) is 13.2. The second-order valence-electron chi connectivity index (χ2n) is 4.61. The zero-order valence-electron chi connectivity index (χ0n) is 10.3. The molecule has 3 heterocycles. The summed E-state index contributed by atoms with van der Waals surface area (Å²) in [5, 5.41) is 6.75. The highest BCUT2D eigenvalue weighted by molar-refractivity contribution is 9.10. The molecule has 1 saturated heterocycles. The molecule has 0 saturated carbocycles. The summed E-state index contributed by atoms with van der Waals surface area (Å²) >= 11 is 3.35. The summed E-state index contributed by atoms with van der Waals surface area (Å²) in [6, 6.07) is 1.79. The first-order chi connectivity index (χ1) is 9.25. The molecule has 19 heavy (non-hydrogen) atoms. The summed E-state index contributed by atoms with van der Waals surface area (Å²) in [5.74, 6) is 0.769. The largest absolute Gasteiger partial charge is 0.356 e. The van der Waals surface area contributed by atoms with Crippen molar-refractivity contribution in [2.24, 2.45) is 0 Å². The molecule has 0 radical (unpaired) electrons. The van der Waals surface area contributed by atoms with Crippen molar-refractivity contribution in [2.75, 3.05) is 6.54 Å². The Hall–Kier alpha value is -1.63. The Morgan fingerprint density at radius 3 is 3.05 bits per heavy atom. The number of rotatable bonds is 2. The van der Waals surface area contributed by atoms with Crippen LogP contribution in [0.1, 0.15) is 41.6 Å². The molecule has 0 spiro atoms. The molecule has 2 N–H and O–H groups in total. The van der Waals surface area contributed by atoms with E-state index in [2.05, 4.69) is 36.1 Å². The number of likely N-dealkylation sites (tertiary alicyclic amines) is 1. The number of H-pyrrole nitrogens is 2. The molecular weight excluding hydrogens is 310 g/mol. The van der Waals surface area contributed by atoms with Gasteiger partial charge in [-0.05, 0) is 41.3 Å². The van der Waals surface area contributed by atoms with Gasteiger partial charge in [-0.1, -0.05) is 0 Å². The molecule has 1 fully saturated rings. The van der Waals surface area contributed by atoms with Gasteiger partial charge in [0.1, 0.15) is 17.8 Å². The third kappa shape index (κ3) is 2.42. The van der Waals surface area contributed by atoms with Gasteiger partial charge >= 0.3 is 0 Å². The first-order valence-corrected chi connectivity index (χ1v) is 7.05. The van der Waals surface area contributed by atoms with Crippen molar-refractivity contribution in [2.45, 2.75) is 25.3 Å². The van der Waals surface area contributed by atoms with Gasteiger partial charge in [-0.3, -0.25) is 9.89 Å². The predicted octanol–water partition coefficient (Wildman–Crippen LogP) is 2.26. The standard InChI is InChI=1S/C12H14BrN5O/c13-8-5-9(14-6-8)12(19)18-4-2-1-3-10(18)11-15-7-16-17-11/h5-7,10,14H,1-4H2,(H,15,16,17)/t10-/m1/s1. The molecule has 2 aromatic rings. The van der Waals surface area contributed by atoms with Crippen molar-refractivity contribution in [3.8, 4) is 0 Å². The minimum atomic E-state index is -0.00849. The highest BCUT2D eigenvalue weighted by Crippen LogP contribution is 2.30. The minimum absolute atomic E-state index is 0.00630. The first-order valence-electron chi connectivity index (χ1n) is 6.26. The number of amides is 1. The number of carbonyl (C=O) groups excluding carboxylic acids is 1. The van der Waals surface area contributed by atoms with Gasteiger partial charge in [-0.25, -0.2) is 4.98 Å². The van der Waals surface area contributed by atoms with E-state index in [1.54, 1.807) is 12.3 Å². The number of nitrogens with zero attached hydrogens (tertiary/aromatic N) is 3. The molecule has 0 bridgehead atoms. The van der Waals surface area contributed by atoms with Crippen molar-refractivity contribution < 1.29 is 4.79 Å². The first kappa shape index (κ1) is 12.4. The van der Waals surface area contributed by atoms with Crippen LogP contribution in [-0.4, -0.2) is 37.5 Å². The number of carbonyl (C=O) groups is 1. The van der Waals surface area contributed by atoms with E-state index in [1.165, 1.54) is 6.33 Å². The zero-order valence-corrected chi connectivity index (χ0v) is 11.9. The average molecular weight is 324 g/mol. The lowest BCUT2D eigenvalue weighted by atomic mass is 10.0. The number of halogens is 1. The summed E-state index contributed by atoms with van der Waals surface area (Å²) in [6.07, 6.45) is 6.29. The molecule has 0 aromatic carbocycles. The van der Waals surface area contributed by atoms with Crippen LogP contribution in [0, 0.1) is 0 Å². The molecule has 0 aliphatic carbocycles. The van der Waals surface area contributed by atoms with E-state index in [9.17, 15) is 4.79 Å². The van der Waals surface area contributed by atoms with Gasteiger partial charge in [-0.15, -0.1) is 0 Å². The van der Waals surface area contributed by atoms with E-state index in [1.807, 2.05) is 4.90 Å². The molecule has 0 unspecified atom stereocenters. The Morgan fingerprint density at radius 1 is 1.47 bits per heavy atom. The van der Waals surface area contributed by atoms with E-state index in [0.717, 1.165) is 36.1 Å². The van der Waals surface area contributed by atoms with Gasteiger partial charge < -0.3 is 9.88 Å². The number of hydrogen-bond acceptors (Lipinski definition) is 3. The second kappa shape index (κ2) is 5.16. The van der Waals surface area contributed by atoms with E-state index in [-0.39, 0.29) is 11.9 Å². The lowest BCUT2D eigenvalue weighted by Gasteiger charge is -2.34. The van der Waals surface area contributed by atoms with Crippen LogP contribution in [0.25, 0.3) is 0 Å². The van der Waals surface area contributed by atoms with E-state index < -0.39 is 0 Å². The van der Waals surface area contributed by atoms with Crippen molar-refractivity contribution in [1.29, 1.82) is 0 Å². The maximum Gasteiger partial charge on any atom is 0.270 e. The molecule has 100 valence electrons. The monoisotopic (exact) mass is 323 g/mol. The highest BCUT2D eigenvalue weighted by Gasteiger charge is 2.30. The van der Waals surface area contributed by atoms with Crippen LogP contribution in [0.15, 0.2) is 23.1 Å². The number of aromatic amines is 2. The molecule has 1 atom stereocenters. The topological polar surface area (TPSA) is 77.7 Å². The Balaban J connectivity index is 1.86. The van der Waals surface area contributed by atoms with E-state index in [0.29, 0.717) is 5.69 Å². The fourth-order valence-corrected chi connectivity index (χ4v) is 2.82. The molecular formula is C12H14BrN5O. The van der Waals surface area contributed by atoms with E-state index >= 15 is 0 Å². The van der Waals surface area contributed by atoms with Crippen LogP contribution in [0.3, 0.4) is 0 Å². The van der Waals surface area contributed by atoms with Crippen molar-refractivity contribution >= 4 is 21.8 Å². The number of hydrogen-bond donors (Lipinski definition) is 2. The van der Waals surface area contributed by atoms with Crippen molar-refractivity contribution in [3.05, 3.63) is 34.6 Å². The fourth-order valence-electron chi connectivity index (χ4n) is 2.48. The number of aromatic nitrogens is 4. The Morgan fingerprint density at radius 2 is 2.37 bits per heavy atom. The third-order valence-electron chi connectivity index (χ3n) is 3.39. The minimum Gasteiger partial charge on any atom is -0.356 e. The lowest BCUT2D eigenvalue weighted by molar-refractivity contribution is 0.0595. The fraction of sp³-hybridized carbons (Fsp3) is 0.417. The van der Waals surface area contributed by atoms with Gasteiger partial charge in [0.15, 0.2) is 0 Å². The van der Waals surface area contributed by atoms with Gasteiger partial charge in [-0.2, -0.15) is 5.10 Å². The van der Waals surface area contributed by atoms with Gasteiger partial charge in [0.05, 0.1) is 6.04 Å². The third-order valence-corrected chi connectivity index (χ3v) is 3.85. The molecule has 1 aliphatic heterocycles. The van der Waals surface area contributed by atoms with Crippen LogP contribution >= 0.6 is 15.9 Å². The summed E-state index contributed by atoms with van der Waals surface area (Å²) in [4.78, 5) is 21.6. The Labute approximate surface area is 118 Å². The van der Waals surface area contributed by atoms with Crippen LogP contribution in [-0.2, 0) is 0 Å². The predicted molar refractivity (Wildman–Crippen MR) is 72.5 cm³/mol. The smallest absolute Gasteiger partial charge is 0.270 e. The molecule has 1 aliphatic rings. The molecule has 3 rings (SSSR count). The molecule has 2 aromatic heterocycles. The summed E-state index contributed by atoms with van der Waals surface area (Å²) < 4.78 is 0.879. The quantitative estimate of drug-likeness (QED) is 0.889. The molecule has 6 nitrogen and oxygen atoms in total. The van der Waals surface area contributed by atoms with Crippen molar-refractivity contribution in [3.63, 3.8) is 0 Å². The summed E-state index contributed by atoms with van der Waals surface area (Å²) in [6.45, 7) is 0.751. The average Bonchev–Trinajstić information content (AvgIpc) is 3.09. The number of nitrogens with one attached hydrogen (secondary N) is 2. The lowest BCUT2D eigenvalue weighted by Crippen LogP contribution is -2.39. The van der Waals surface area contributed by atoms with Gasteiger partial charge in [0, 0.05) is 17.2 Å². The van der Waals surface area contributed by atoms with E-state index in [4.69, 9.17) is 0 Å². The molecule has 1 amide bonds. The molecule has 7 heteroatoms. The van der Waals surface area contributed by atoms with Gasteiger partial charge in [0.2, 0.25) is 0 Å². The second-order valence-corrected chi connectivity index (χ2v) is 5.53. The van der Waals surface area contributed by atoms with Crippen molar-refractivity contribution in [1.82, 2.24) is 25.1 Å². The highest BCUT2D eigenvalue weighted by atomic mass is 79.9. The van der Waals surface area contributed by atoms with Crippen LogP contribution < -0.4 is 0 Å². The normalized spacial score (nSPS) is 19.6. The Kier molecular flexibility index (Phi) is 3.37. The van der Waals surface area contributed by atoms with Crippen LogP contribution in [0.5, 0.6) is 0 Å². The van der Waals surface area contributed by atoms with Crippen LogP contribution in [0.4, 0.5) is 0 Å².